The first kappa shape index (κ1) is 16.5. The van der Waals surface area contributed by atoms with E-state index in [4.69, 9.17) is 4.74 Å². The Morgan fingerprint density at radius 1 is 1.40 bits per heavy atom. The third-order valence-electron chi connectivity index (χ3n) is 3.13. The van der Waals surface area contributed by atoms with E-state index < -0.39 is 23.7 Å². The van der Waals surface area contributed by atoms with E-state index in [1.165, 1.54) is 7.11 Å². The van der Waals surface area contributed by atoms with Crippen molar-refractivity contribution in [2.45, 2.75) is 58.1 Å². The average Bonchev–Trinajstić information content (AvgIpc) is 2.70. The highest BCUT2D eigenvalue weighted by Gasteiger charge is 2.32. The van der Waals surface area contributed by atoms with E-state index in [-0.39, 0.29) is 18.1 Å². The highest BCUT2D eigenvalue weighted by molar-refractivity contribution is 5.85. The summed E-state index contributed by atoms with van der Waals surface area (Å²) in [5.74, 6) is -0.602. The molecule has 0 aromatic heterocycles. The molecule has 1 N–H and O–H groups in total. The maximum Gasteiger partial charge on any atom is 0.408 e. The summed E-state index contributed by atoms with van der Waals surface area (Å²) in [5, 5.41) is 2.48. The maximum absolute atomic E-state index is 11.7. The molecule has 1 saturated carbocycles. The molecule has 0 saturated heterocycles. The lowest BCUT2D eigenvalue weighted by molar-refractivity contribution is -0.143. The summed E-state index contributed by atoms with van der Waals surface area (Å²) in [6, 6.07) is -0.845. The van der Waals surface area contributed by atoms with Gasteiger partial charge < -0.3 is 14.8 Å². The first-order valence-electron chi connectivity index (χ1n) is 6.83. The predicted octanol–water partition coefficient (Wildman–Crippen LogP) is 1.81. The minimum Gasteiger partial charge on any atom is -0.467 e. The van der Waals surface area contributed by atoms with Gasteiger partial charge >= 0.3 is 12.1 Å². The van der Waals surface area contributed by atoms with Gasteiger partial charge in [-0.2, -0.15) is 0 Å². The van der Waals surface area contributed by atoms with Crippen LogP contribution in [0.5, 0.6) is 0 Å². The Bertz CT molecular complexity index is 386. The number of amides is 1. The number of ether oxygens (including phenoxy) is 2. The van der Waals surface area contributed by atoms with E-state index in [9.17, 15) is 14.4 Å². The van der Waals surface area contributed by atoms with Gasteiger partial charge in [0, 0.05) is 12.3 Å². The van der Waals surface area contributed by atoms with Gasteiger partial charge in [-0.3, -0.25) is 4.79 Å². The van der Waals surface area contributed by atoms with E-state index in [1.807, 2.05) is 0 Å². The van der Waals surface area contributed by atoms with Crippen molar-refractivity contribution >= 4 is 17.8 Å². The van der Waals surface area contributed by atoms with E-state index in [1.54, 1.807) is 20.8 Å². The van der Waals surface area contributed by atoms with Crippen molar-refractivity contribution in [1.82, 2.24) is 5.32 Å². The number of rotatable bonds is 4. The summed E-state index contributed by atoms with van der Waals surface area (Å²) < 4.78 is 9.78. The van der Waals surface area contributed by atoms with Gasteiger partial charge in [-0.05, 0) is 40.0 Å². The first-order valence-corrected chi connectivity index (χ1v) is 6.83. The molecule has 1 aliphatic carbocycles. The molecule has 0 spiro atoms. The fourth-order valence-corrected chi connectivity index (χ4v) is 2.23. The summed E-state index contributed by atoms with van der Waals surface area (Å²) >= 11 is 0. The van der Waals surface area contributed by atoms with Crippen LogP contribution in [0.3, 0.4) is 0 Å². The molecule has 0 aromatic carbocycles. The molecule has 6 nitrogen and oxygen atoms in total. The van der Waals surface area contributed by atoms with Crippen molar-refractivity contribution in [2.75, 3.05) is 7.11 Å². The third-order valence-corrected chi connectivity index (χ3v) is 3.13. The lowest BCUT2D eigenvalue weighted by Gasteiger charge is -2.23. The van der Waals surface area contributed by atoms with E-state index in [2.05, 4.69) is 10.1 Å². The lowest BCUT2D eigenvalue weighted by Crippen LogP contribution is -2.45. The number of hydrogen-bond donors (Lipinski definition) is 1. The predicted molar refractivity (Wildman–Crippen MR) is 72.1 cm³/mol. The fraction of sp³-hybridized carbons (Fsp3) is 0.786. The van der Waals surface area contributed by atoms with Crippen LogP contribution in [-0.2, 0) is 19.1 Å². The average molecular weight is 285 g/mol. The van der Waals surface area contributed by atoms with Gasteiger partial charge in [0.25, 0.3) is 0 Å². The molecule has 0 bridgehead atoms. The number of methoxy groups -OCH3 is 1. The second-order valence-electron chi connectivity index (χ2n) is 6.01. The number of carbonyl (C=O) groups is 3. The zero-order valence-corrected chi connectivity index (χ0v) is 12.5. The number of esters is 1. The van der Waals surface area contributed by atoms with Crippen LogP contribution in [0.2, 0.25) is 0 Å². The van der Waals surface area contributed by atoms with Crippen molar-refractivity contribution in [3.05, 3.63) is 0 Å². The largest absolute Gasteiger partial charge is 0.467 e. The lowest BCUT2D eigenvalue weighted by atomic mass is 9.97. The molecule has 0 radical (unpaired) electrons. The van der Waals surface area contributed by atoms with Crippen molar-refractivity contribution in [1.29, 1.82) is 0 Å². The fourth-order valence-electron chi connectivity index (χ4n) is 2.23. The molecular formula is C14H23NO5. The van der Waals surface area contributed by atoms with E-state index >= 15 is 0 Å². The molecular weight excluding hydrogens is 262 g/mol. The molecule has 6 heteroatoms. The molecule has 0 heterocycles. The zero-order chi connectivity index (χ0) is 15.3. The van der Waals surface area contributed by atoms with E-state index in [0.717, 1.165) is 12.8 Å². The van der Waals surface area contributed by atoms with Gasteiger partial charge in [0.15, 0.2) is 0 Å². The molecule has 0 aliphatic heterocycles. The maximum atomic E-state index is 11.7. The molecule has 1 amide bonds. The SMILES string of the molecule is COC(=O)C(CC1CCCC1=O)NC(=O)OC(C)(C)C. The van der Waals surface area contributed by atoms with Crippen LogP contribution >= 0.6 is 0 Å². The van der Waals surface area contributed by atoms with Gasteiger partial charge in [-0.1, -0.05) is 0 Å². The monoisotopic (exact) mass is 285 g/mol. The van der Waals surface area contributed by atoms with Crippen LogP contribution < -0.4 is 5.32 Å². The topological polar surface area (TPSA) is 81.7 Å². The van der Waals surface area contributed by atoms with Crippen LogP contribution in [0.25, 0.3) is 0 Å². The second kappa shape index (κ2) is 6.72. The summed E-state index contributed by atoms with van der Waals surface area (Å²) in [4.78, 5) is 35.1. The minimum absolute atomic E-state index is 0.143. The number of alkyl carbamates (subject to hydrolysis) is 1. The summed E-state index contributed by atoms with van der Waals surface area (Å²) in [7, 11) is 1.25. The number of hydrogen-bond acceptors (Lipinski definition) is 5. The molecule has 1 fully saturated rings. The molecule has 0 aromatic rings. The normalized spacial score (nSPS) is 20.4. The minimum atomic E-state index is -0.845. The highest BCUT2D eigenvalue weighted by atomic mass is 16.6. The molecule has 1 aliphatic rings. The van der Waals surface area contributed by atoms with Gasteiger partial charge in [0.1, 0.15) is 17.4 Å². The van der Waals surface area contributed by atoms with Gasteiger partial charge in [-0.25, -0.2) is 9.59 Å². The Morgan fingerprint density at radius 3 is 2.50 bits per heavy atom. The molecule has 1 rings (SSSR count). The standard InChI is InChI=1S/C14H23NO5/c1-14(2,3)20-13(18)15-10(12(17)19-4)8-9-6-5-7-11(9)16/h9-10H,5-8H2,1-4H3,(H,15,18). The first-order chi connectivity index (χ1) is 9.23. The third kappa shape index (κ3) is 5.19. The van der Waals surface area contributed by atoms with Gasteiger partial charge in [-0.15, -0.1) is 0 Å². The van der Waals surface area contributed by atoms with Gasteiger partial charge in [0.05, 0.1) is 7.11 Å². The van der Waals surface area contributed by atoms with Crippen LogP contribution in [0.1, 0.15) is 46.5 Å². The summed E-state index contributed by atoms with van der Waals surface area (Å²) in [6.45, 7) is 5.21. The van der Waals surface area contributed by atoms with Gasteiger partial charge in [0.2, 0.25) is 0 Å². The Hall–Kier alpha value is -1.59. The number of Topliss-reactive ketones (excluding diaryl/α,β-unsaturated/α-hetero) is 1. The quantitative estimate of drug-likeness (QED) is 0.797. The molecule has 2 unspecified atom stereocenters. The van der Waals surface area contributed by atoms with Crippen LogP contribution in [0.4, 0.5) is 4.79 Å². The van der Waals surface area contributed by atoms with Crippen molar-refractivity contribution in [3.8, 4) is 0 Å². The van der Waals surface area contributed by atoms with Crippen LogP contribution in [0, 0.1) is 5.92 Å². The van der Waals surface area contributed by atoms with Crippen LogP contribution in [-0.4, -0.2) is 36.6 Å². The van der Waals surface area contributed by atoms with Crippen molar-refractivity contribution in [3.63, 3.8) is 0 Å². The van der Waals surface area contributed by atoms with Crippen molar-refractivity contribution in [2.24, 2.45) is 5.92 Å². The Balaban J connectivity index is 2.62. The molecule has 114 valence electrons. The molecule has 20 heavy (non-hydrogen) atoms. The highest BCUT2D eigenvalue weighted by Crippen LogP contribution is 2.25. The Labute approximate surface area is 119 Å². The van der Waals surface area contributed by atoms with E-state index in [0.29, 0.717) is 6.42 Å². The Morgan fingerprint density at radius 2 is 2.05 bits per heavy atom. The van der Waals surface area contributed by atoms with Crippen molar-refractivity contribution < 1.29 is 23.9 Å². The molecule has 2 atom stereocenters. The smallest absolute Gasteiger partial charge is 0.408 e. The number of carbonyl (C=O) groups excluding carboxylic acids is 3. The summed E-state index contributed by atoms with van der Waals surface area (Å²) in [6.07, 6.45) is 1.72. The second-order valence-corrected chi connectivity index (χ2v) is 6.01. The Kier molecular flexibility index (Phi) is 5.53. The zero-order valence-electron chi connectivity index (χ0n) is 12.5. The summed E-state index contributed by atoms with van der Waals surface area (Å²) in [5.41, 5.74) is -0.645. The number of ketones is 1. The number of nitrogens with one attached hydrogen (secondary N) is 1. The van der Waals surface area contributed by atoms with Crippen LogP contribution in [0.15, 0.2) is 0 Å².